The van der Waals surface area contributed by atoms with Gasteiger partial charge in [-0.1, -0.05) is 32.6 Å². The SMILES string of the molecule is CCCNc1ccnc(C(=O)N(C)C2CCCCCC2)c1. The van der Waals surface area contributed by atoms with Gasteiger partial charge in [0.25, 0.3) is 5.91 Å². The molecule has 0 bridgehead atoms. The van der Waals surface area contributed by atoms with Gasteiger partial charge in [0.1, 0.15) is 5.69 Å². The molecule has 1 fully saturated rings. The zero-order chi connectivity index (χ0) is 15.1. The molecule has 0 unspecified atom stereocenters. The molecule has 1 aliphatic carbocycles. The number of aromatic nitrogens is 1. The van der Waals surface area contributed by atoms with Crippen LogP contribution in [0, 0.1) is 0 Å². The number of carbonyl (C=O) groups is 1. The molecule has 2 rings (SSSR count). The summed E-state index contributed by atoms with van der Waals surface area (Å²) in [5.41, 5.74) is 1.52. The van der Waals surface area contributed by atoms with Crippen molar-refractivity contribution >= 4 is 11.6 Å². The second-order valence-electron chi connectivity index (χ2n) is 5.92. The summed E-state index contributed by atoms with van der Waals surface area (Å²) in [6, 6.07) is 4.15. The minimum atomic E-state index is 0.0436. The van der Waals surface area contributed by atoms with Gasteiger partial charge >= 0.3 is 0 Å². The first-order valence-electron chi connectivity index (χ1n) is 8.19. The minimum Gasteiger partial charge on any atom is -0.385 e. The van der Waals surface area contributed by atoms with Crippen LogP contribution < -0.4 is 5.32 Å². The maximum absolute atomic E-state index is 12.6. The Bertz CT molecular complexity index is 453. The molecule has 4 heteroatoms. The number of nitrogens with one attached hydrogen (secondary N) is 1. The Labute approximate surface area is 127 Å². The molecule has 0 radical (unpaired) electrons. The standard InChI is InChI=1S/C17H27N3O/c1-3-11-18-14-10-12-19-16(13-14)17(21)20(2)15-8-6-4-5-7-9-15/h10,12-13,15H,3-9,11H2,1-2H3,(H,18,19). The number of amides is 1. The van der Waals surface area contributed by atoms with E-state index in [1.165, 1.54) is 25.7 Å². The summed E-state index contributed by atoms with van der Waals surface area (Å²) in [4.78, 5) is 18.8. The van der Waals surface area contributed by atoms with Gasteiger partial charge in [-0.15, -0.1) is 0 Å². The average Bonchev–Trinajstić information content (AvgIpc) is 2.81. The van der Waals surface area contributed by atoms with Crippen molar-refractivity contribution < 1.29 is 4.79 Å². The first kappa shape index (κ1) is 15.8. The summed E-state index contributed by atoms with van der Waals surface area (Å²) in [6.45, 7) is 3.04. The predicted octanol–water partition coefficient (Wildman–Crippen LogP) is 3.70. The first-order chi connectivity index (χ1) is 10.2. The largest absolute Gasteiger partial charge is 0.385 e. The van der Waals surface area contributed by atoms with Crippen molar-refractivity contribution in [1.82, 2.24) is 9.88 Å². The van der Waals surface area contributed by atoms with Crippen molar-refractivity contribution in [2.45, 2.75) is 57.9 Å². The highest BCUT2D eigenvalue weighted by atomic mass is 16.2. The molecular formula is C17H27N3O. The van der Waals surface area contributed by atoms with Gasteiger partial charge in [-0.25, -0.2) is 0 Å². The second kappa shape index (κ2) is 8.01. The summed E-state index contributed by atoms with van der Waals surface area (Å²) in [6.07, 6.45) is 10.1. The molecule has 1 aliphatic rings. The van der Waals surface area contributed by atoms with E-state index in [0.29, 0.717) is 11.7 Å². The summed E-state index contributed by atoms with van der Waals surface area (Å²) in [7, 11) is 1.92. The van der Waals surface area contributed by atoms with Crippen molar-refractivity contribution in [2.24, 2.45) is 0 Å². The lowest BCUT2D eigenvalue weighted by Gasteiger charge is -2.27. The van der Waals surface area contributed by atoms with Crippen LogP contribution in [0.2, 0.25) is 0 Å². The number of hydrogen-bond acceptors (Lipinski definition) is 3. The van der Waals surface area contributed by atoms with Crippen LogP contribution in [-0.4, -0.2) is 35.4 Å². The third-order valence-corrected chi connectivity index (χ3v) is 4.25. The fourth-order valence-corrected chi connectivity index (χ4v) is 2.92. The van der Waals surface area contributed by atoms with Gasteiger partial charge in [0.15, 0.2) is 0 Å². The van der Waals surface area contributed by atoms with Gasteiger partial charge < -0.3 is 10.2 Å². The zero-order valence-corrected chi connectivity index (χ0v) is 13.3. The van der Waals surface area contributed by atoms with Crippen LogP contribution in [0.1, 0.15) is 62.4 Å². The van der Waals surface area contributed by atoms with Gasteiger partial charge in [0.2, 0.25) is 0 Å². The maximum atomic E-state index is 12.6. The van der Waals surface area contributed by atoms with Gasteiger partial charge in [-0.2, -0.15) is 0 Å². The Morgan fingerprint density at radius 3 is 2.71 bits per heavy atom. The topological polar surface area (TPSA) is 45.2 Å². The minimum absolute atomic E-state index is 0.0436. The molecule has 1 saturated carbocycles. The smallest absolute Gasteiger partial charge is 0.272 e. The van der Waals surface area contributed by atoms with Crippen LogP contribution >= 0.6 is 0 Å². The van der Waals surface area contributed by atoms with Crippen LogP contribution in [0.25, 0.3) is 0 Å². The maximum Gasteiger partial charge on any atom is 0.272 e. The summed E-state index contributed by atoms with van der Waals surface area (Å²) >= 11 is 0. The molecular weight excluding hydrogens is 262 g/mol. The van der Waals surface area contributed by atoms with E-state index in [1.54, 1.807) is 6.20 Å². The van der Waals surface area contributed by atoms with E-state index >= 15 is 0 Å². The monoisotopic (exact) mass is 289 g/mol. The van der Waals surface area contributed by atoms with E-state index in [9.17, 15) is 4.79 Å². The number of pyridine rings is 1. The van der Waals surface area contributed by atoms with E-state index in [-0.39, 0.29) is 5.91 Å². The van der Waals surface area contributed by atoms with Crippen LogP contribution in [0.5, 0.6) is 0 Å². The van der Waals surface area contributed by atoms with Gasteiger partial charge in [0, 0.05) is 31.5 Å². The molecule has 1 N–H and O–H groups in total. The highest BCUT2D eigenvalue weighted by Crippen LogP contribution is 2.22. The van der Waals surface area contributed by atoms with Crippen molar-refractivity contribution in [3.8, 4) is 0 Å². The van der Waals surface area contributed by atoms with Crippen molar-refractivity contribution in [1.29, 1.82) is 0 Å². The van der Waals surface area contributed by atoms with E-state index in [0.717, 1.165) is 31.5 Å². The number of nitrogens with zero attached hydrogens (tertiary/aromatic N) is 2. The summed E-state index contributed by atoms with van der Waals surface area (Å²) in [5.74, 6) is 0.0436. The molecule has 1 amide bonds. The average molecular weight is 289 g/mol. The summed E-state index contributed by atoms with van der Waals surface area (Å²) < 4.78 is 0. The van der Waals surface area contributed by atoms with Crippen LogP contribution in [0.4, 0.5) is 5.69 Å². The molecule has 1 aromatic rings. The van der Waals surface area contributed by atoms with E-state index in [2.05, 4.69) is 17.2 Å². The number of carbonyl (C=O) groups excluding carboxylic acids is 1. The van der Waals surface area contributed by atoms with Gasteiger partial charge in [0.05, 0.1) is 0 Å². The normalized spacial score (nSPS) is 16.3. The number of anilines is 1. The third-order valence-electron chi connectivity index (χ3n) is 4.25. The Hall–Kier alpha value is -1.58. The van der Waals surface area contributed by atoms with E-state index in [4.69, 9.17) is 0 Å². The molecule has 21 heavy (non-hydrogen) atoms. The van der Waals surface area contributed by atoms with Gasteiger partial charge in [-0.05, 0) is 31.4 Å². The molecule has 1 aromatic heterocycles. The zero-order valence-electron chi connectivity index (χ0n) is 13.3. The molecule has 1 heterocycles. The van der Waals surface area contributed by atoms with Crippen molar-refractivity contribution in [2.75, 3.05) is 18.9 Å². The fourth-order valence-electron chi connectivity index (χ4n) is 2.92. The quantitative estimate of drug-likeness (QED) is 0.841. The lowest BCUT2D eigenvalue weighted by molar-refractivity contribution is 0.0712. The molecule has 4 nitrogen and oxygen atoms in total. The molecule has 116 valence electrons. The third kappa shape index (κ3) is 4.45. The number of hydrogen-bond donors (Lipinski definition) is 1. The lowest BCUT2D eigenvalue weighted by atomic mass is 10.1. The van der Waals surface area contributed by atoms with Crippen molar-refractivity contribution in [3.05, 3.63) is 24.0 Å². The first-order valence-corrected chi connectivity index (χ1v) is 8.19. The highest BCUT2D eigenvalue weighted by Gasteiger charge is 2.23. The molecule has 0 aromatic carbocycles. The molecule has 0 spiro atoms. The fraction of sp³-hybridized carbons (Fsp3) is 0.647. The molecule has 0 saturated heterocycles. The Kier molecular flexibility index (Phi) is 6.03. The lowest BCUT2D eigenvalue weighted by Crippen LogP contribution is -2.37. The van der Waals surface area contributed by atoms with Gasteiger partial charge in [-0.3, -0.25) is 9.78 Å². The Balaban J connectivity index is 2.03. The summed E-state index contributed by atoms with van der Waals surface area (Å²) in [5, 5.41) is 3.31. The number of rotatable bonds is 5. The van der Waals surface area contributed by atoms with E-state index < -0.39 is 0 Å². The highest BCUT2D eigenvalue weighted by molar-refractivity contribution is 5.93. The second-order valence-corrected chi connectivity index (χ2v) is 5.92. The van der Waals surface area contributed by atoms with Crippen molar-refractivity contribution in [3.63, 3.8) is 0 Å². The van der Waals surface area contributed by atoms with Crippen LogP contribution in [-0.2, 0) is 0 Å². The Morgan fingerprint density at radius 2 is 2.05 bits per heavy atom. The Morgan fingerprint density at radius 1 is 1.33 bits per heavy atom. The predicted molar refractivity (Wildman–Crippen MR) is 86.6 cm³/mol. The van der Waals surface area contributed by atoms with Crippen LogP contribution in [0.3, 0.4) is 0 Å². The molecule has 0 aliphatic heterocycles. The molecule has 0 atom stereocenters. The van der Waals surface area contributed by atoms with Crippen LogP contribution in [0.15, 0.2) is 18.3 Å². The van der Waals surface area contributed by atoms with E-state index in [1.807, 2.05) is 24.1 Å².